The molecule has 0 aliphatic rings. The lowest BCUT2D eigenvalue weighted by atomic mass is 10.2. The van der Waals surface area contributed by atoms with Gasteiger partial charge in [-0.15, -0.1) is 0 Å². The molecule has 3 aromatic carbocycles. The minimum absolute atomic E-state index is 0.113. The van der Waals surface area contributed by atoms with Crippen LogP contribution in [0.4, 0.5) is 17.1 Å². The van der Waals surface area contributed by atoms with Crippen LogP contribution in [0.5, 0.6) is 0 Å². The predicted molar refractivity (Wildman–Crippen MR) is 90.6 cm³/mol. The number of hydrogen-bond acceptors (Lipinski definition) is 2. The standard InChI is InChI=1S/C19H16N2O/c22-19(15-8-3-1-4-9-15)21-18-13-7-12-17(14-18)20-16-10-5-2-6-11-16/h1-14,20H,(H,21,22). The van der Waals surface area contributed by atoms with Crippen molar-refractivity contribution in [1.82, 2.24) is 0 Å². The van der Waals surface area contributed by atoms with E-state index < -0.39 is 0 Å². The van der Waals surface area contributed by atoms with Gasteiger partial charge >= 0.3 is 0 Å². The normalized spacial score (nSPS) is 10.0. The maximum Gasteiger partial charge on any atom is 0.255 e. The molecule has 3 nitrogen and oxygen atoms in total. The SMILES string of the molecule is O=C(Nc1cccc(Nc2ccccc2)c1)c1ccccc1. The van der Waals surface area contributed by atoms with Crippen molar-refractivity contribution in [3.05, 3.63) is 90.5 Å². The van der Waals surface area contributed by atoms with Gasteiger partial charge in [-0.2, -0.15) is 0 Å². The largest absolute Gasteiger partial charge is 0.355 e. The first-order valence-corrected chi connectivity index (χ1v) is 7.10. The lowest BCUT2D eigenvalue weighted by Crippen LogP contribution is -2.11. The molecule has 0 saturated heterocycles. The number of hydrogen-bond donors (Lipinski definition) is 2. The third-order valence-electron chi connectivity index (χ3n) is 3.22. The third-order valence-corrected chi connectivity index (χ3v) is 3.22. The molecule has 0 bridgehead atoms. The molecule has 3 heteroatoms. The second kappa shape index (κ2) is 6.59. The monoisotopic (exact) mass is 288 g/mol. The Morgan fingerprint density at radius 3 is 1.95 bits per heavy atom. The van der Waals surface area contributed by atoms with Crippen molar-refractivity contribution in [3.8, 4) is 0 Å². The molecular weight excluding hydrogens is 272 g/mol. The van der Waals surface area contributed by atoms with Gasteiger partial charge < -0.3 is 10.6 Å². The summed E-state index contributed by atoms with van der Waals surface area (Å²) in [5.41, 5.74) is 3.34. The number of nitrogens with one attached hydrogen (secondary N) is 2. The molecule has 1 amide bonds. The lowest BCUT2D eigenvalue weighted by molar-refractivity contribution is 0.102. The fourth-order valence-corrected chi connectivity index (χ4v) is 2.16. The number of carbonyl (C=O) groups is 1. The van der Waals surface area contributed by atoms with E-state index in [9.17, 15) is 4.79 Å². The Morgan fingerprint density at radius 1 is 0.636 bits per heavy atom. The van der Waals surface area contributed by atoms with Crippen LogP contribution in [0.3, 0.4) is 0 Å². The van der Waals surface area contributed by atoms with E-state index in [4.69, 9.17) is 0 Å². The van der Waals surface area contributed by atoms with Crippen molar-refractivity contribution in [2.45, 2.75) is 0 Å². The minimum atomic E-state index is -0.113. The summed E-state index contributed by atoms with van der Waals surface area (Å²) in [5, 5.41) is 6.21. The maximum atomic E-state index is 12.2. The van der Waals surface area contributed by atoms with Crippen molar-refractivity contribution >= 4 is 23.0 Å². The van der Waals surface area contributed by atoms with Gasteiger partial charge in [-0.25, -0.2) is 0 Å². The number of rotatable bonds is 4. The topological polar surface area (TPSA) is 41.1 Å². The molecule has 0 unspecified atom stereocenters. The second-order valence-electron chi connectivity index (χ2n) is 4.89. The van der Waals surface area contributed by atoms with Gasteiger partial charge in [0.25, 0.3) is 5.91 Å². The van der Waals surface area contributed by atoms with Gasteiger partial charge in [0.2, 0.25) is 0 Å². The van der Waals surface area contributed by atoms with E-state index in [0.29, 0.717) is 5.56 Å². The summed E-state index contributed by atoms with van der Waals surface area (Å²) in [7, 11) is 0. The molecular formula is C19H16N2O. The van der Waals surface area contributed by atoms with Crippen molar-refractivity contribution in [3.63, 3.8) is 0 Å². The molecule has 0 radical (unpaired) electrons. The highest BCUT2D eigenvalue weighted by molar-refractivity contribution is 6.04. The third kappa shape index (κ3) is 3.52. The van der Waals surface area contributed by atoms with Gasteiger partial charge in [0, 0.05) is 22.6 Å². The zero-order chi connectivity index (χ0) is 15.2. The van der Waals surface area contributed by atoms with E-state index in [-0.39, 0.29) is 5.91 Å². The van der Waals surface area contributed by atoms with Crippen LogP contribution in [0.1, 0.15) is 10.4 Å². The first kappa shape index (κ1) is 13.9. The van der Waals surface area contributed by atoms with Gasteiger partial charge in [-0.3, -0.25) is 4.79 Å². The van der Waals surface area contributed by atoms with Crippen molar-refractivity contribution < 1.29 is 4.79 Å². The van der Waals surface area contributed by atoms with Crippen molar-refractivity contribution in [2.24, 2.45) is 0 Å². The Morgan fingerprint density at radius 2 is 1.23 bits per heavy atom. The van der Waals surface area contributed by atoms with Gasteiger partial charge in [-0.1, -0.05) is 42.5 Å². The molecule has 0 aliphatic heterocycles. The summed E-state index contributed by atoms with van der Waals surface area (Å²) in [4.78, 5) is 12.2. The van der Waals surface area contributed by atoms with Crippen LogP contribution in [0.15, 0.2) is 84.9 Å². The molecule has 0 aliphatic carbocycles. The van der Waals surface area contributed by atoms with Gasteiger partial charge in [0.05, 0.1) is 0 Å². The summed E-state index contributed by atoms with van der Waals surface area (Å²) in [6.45, 7) is 0. The van der Waals surface area contributed by atoms with Gasteiger partial charge in [-0.05, 0) is 42.5 Å². The average molecular weight is 288 g/mol. The number of para-hydroxylation sites is 1. The van der Waals surface area contributed by atoms with E-state index >= 15 is 0 Å². The second-order valence-corrected chi connectivity index (χ2v) is 4.89. The van der Waals surface area contributed by atoms with E-state index in [2.05, 4.69) is 10.6 Å². The summed E-state index contributed by atoms with van der Waals surface area (Å²) >= 11 is 0. The van der Waals surface area contributed by atoms with Crippen LogP contribution in [0.25, 0.3) is 0 Å². The highest BCUT2D eigenvalue weighted by Crippen LogP contribution is 2.20. The molecule has 3 rings (SSSR count). The van der Waals surface area contributed by atoms with Crippen LogP contribution < -0.4 is 10.6 Å². The van der Waals surface area contributed by atoms with Crippen molar-refractivity contribution in [2.75, 3.05) is 10.6 Å². The average Bonchev–Trinajstić information content (AvgIpc) is 2.57. The Balaban J connectivity index is 1.73. The lowest BCUT2D eigenvalue weighted by Gasteiger charge is -2.09. The molecule has 0 heterocycles. The summed E-state index contributed by atoms with van der Waals surface area (Å²) in [5.74, 6) is -0.113. The molecule has 22 heavy (non-hydrogen) atoms. The zero-order valence-electron chi connectivity index (χ0n) is 12.0. The molecule has 0 spiro atoms. The first-order chi connectivity index (χ1) is 10.8. The summed E-state index contributed by atoms with van der Waals surface area (Å²) < 4.78 is 0. The summed E-state index contributed by atoms with van der Waals surface area (Å²) in [6, 6.07) is 26.7. The molecule has 0 fully saturated rings. The zero-order valence-corrected chi connectivity index (χ0v) is 12.0. The minimum Gasteiger partial charge on any atom is -0.355 e. The van der Waals surface area contributed by atoms with E-state index in [1.165, 1.54) is 0 Å². The number of carbonyl (C=O) groups excluding carboxylic acids is 1. The fraction of sp³-hybridized carbons (Fsp3) is 0. The van der Waals surface area contributed by atoms with E-state index in [1.807, 2.05) is 72.8 Å². The van der Waals surface area contributed by atoms with E-state index in [0.717, 1.165) is 17.1 Å². The highest BCUT2D eigenvalue weighted by Gasteiger charge is 2.05. The van der Waals surface area contributed by atoms with Crippen molar-refractivity contribution in [1.29, 1.82) is 0 Å². The maximum absolute atomic E-state index is 12.2. The Bertz CT molecular complexity index is 755. The molecule has 0 atom stereocenters. The highest BCUT2D eigenvalue weighted by atomic mass is 16.1. The molecule has 2 N–H and O–H groups in total. The van der Waals surface area contributed by atoms with Crippen LogP contribution in [0, 0.1) is 0 Å². The number of benzene rings is 3. The first-order valence-electron chi connectivity index (χ1n) is 7.10. The number of amides is 1. The van der Waals surface area contributed by atoms with Crippen LogP contribution in [-0.4, -0.2) is 5.91 Å². The fourth-order valence-electron chi connectivity index (χ4n) is 2.16. The molecule has 3 aromatic rings. The Kier molecular flexibility index (Phi) is 4.16. The molecule has 108 valence electrons. The summed E-state index contributed by atoms with van der Waals surface area (Å²) in [6.07, 6.45) is 0. The molecule has 0 aromatic heterocycles. The van der Waals surface area contributed by atoms with Crippen LogP contribution in [0.2, 0.25) is 0 Å². The van der Waals surface area contributed by atoms with Gasteiger partial charge in [0.15, 0.2) is 0 Å². The Labute approximate surface area is 129 Å². The van der Waals surface area contributed by atoms with Crippen LogP contribution >= 0.6 is 0 Å². The van der Waals surface area contributed by atoms with E-state index in [1.54, 1.807) is 12.1 Å². The smallest absolute Gasteiger partial charge is 0.255 e. The molecule has 0 saturated carbocycles. The van der Waals surface area contributed by atoms with Gasteiger partial charge in [0.1, 0.15) is 0 Å². The predicted octanol–water partition coefficient (Wildman–Crippen LogP) is 4.68. The van der Waals surface area contributed by atoms with Crippen LogP contribution in [-0.2, 0) is 0 Å². The number of anilines is 3. The quantitative estimate of drug-likeness (QED) is 0.731. The Hall–Kier alpha value is -3.07.